The van der Waals surface area contributed by atoms with Gasteiger partial charge in [0.2, 0.25) is 12.3 Å². The first kappa shape index (κ1) is 19.2. The number of imidazole rings is 1. The van der Waals surface area contributed by atoms with E-state index in [0.717, 1.165) is 12.1 Å². The molecule has 3 N–H and O–H groups in total. The summed E-state index contributed by atoms with van der Waals surface area (Å²) >= 11 is 0. The molecule has 1 aliphatic heterocycles. The minimum atomic E-state index is -2.58. The first-order chi connectivity index (χ1) is 13.9. The Bertz CT molecular complexity index is 1050. The maximum absolute atomic E-state index is 14.7. The molecule has 1 saturated heterocycles. The van der Waals surface area contributed by atoms with Gasteiger partial charge in [0, 0.05) is 29.8 Å². The number of nitrogens with one attached hydrogen (secondary N) is 1. The Hall–Kier alpha value is -3.14. The molecule has 29 heavy (non-hydrogen) atoms. The highest BCUT2D eigenvalue weighted by atomic mass is 19.3. The lowest BCUT2D eigenvalue weighted by Crippen LogP contribution is -2.63. The number of β-lactam (4-membered cyclic amide) rings is 1. The van der Waals surface area contributed by atoms with Crippen LogP contribution in [0, 0.1) is 11.6 Å². The van der Waals surface area contributed by atoms with Gasteiger partial charge in [0.05, 0.1) is 30.0 Å². The third-order valence-corrected chi connectivity index (χ3v) is 4.78. The molecule has 3 aromatic rings. The molecule has 1 fully saturated rings. The van der Waals surface area contributed by atoms with Gasteiger partial charge in [0.15, 0.2) is 0 Å². The molecule has 152 valence electrons. The van der Waals surface area contributed by atoms with E-state index in [1.165, 1.54) is 11.2 Å². The van der Waals surface area contributed by atoms with E-state index in [4.69, 9.17) is 10.5 Å². The second-order valence-corrected chi connectivity index (χ2v) is 6.61. The molecule has 10 heteroatoms. The molecule has 0 aliphatic carbocycles. The largest absolute Gasteiger partial charge is 0.493 e. The van der Waals surface area contributed by atoms with Gasteiger partial charge in [-0.2, -0.15) is 0 Å². The van der Waals surface area contributed by atoms with Crippen LogP contribution in [-0.2, 0) is 4.79 Å². The smallest absolute Gasteiger partial charge is 0.247 e. The van der Waals surface area contributed by atoms with Gasteiger partial charge in [0.25, 0.3) is 0 Å². The van der Waals surface area contributed by atoms with Gasteiger partial charge < -0.3 is 20.4 Å². The number of benzene rings is 2. The number of carbonyl (C=O) groups excluding carboxylic acids is 1. The van der Waals surface area contributed by atoms with Crippen LogP contribution in [-0.4, -0.2) is 34.9 Å². The Labute approximate surface area is 162 Å². The van der Waals surface area contributed by atoms with Crippen molar-refractivity contribution in [2.24, 2.45) is 5.73 Å². The third kappa shape index (κ3) is 3.39. The molecule has 1 aliphatic rings. The monoisotopic (exact) mass is 408 g/mol. The quantitative estimate of drug-likeness (QED) is 0.484. The number of fused-ring (bicyclic) bond motifs is 1. The fraction of sp³-hybridized carbons (Fsp3) is 0.263. The van der Waals surface area contributed by atoms with Gasteiger partial charge in [-0.1, -0.05) is 0 Å². The summed E-state index contributed by atoms with van der Waals surface area (Å²) in [6, 6.07) is 4.53. The summed E-state index contributed by atoms with van der Waals surface area (Å²) in [7, 11) is 0. The SMILES string of the molecule is N[C@H]1C(=O)N(c2ccc3nc[nH]c3c2)[C@H]1c1c(F)cc(OCCC(F)F)cc1F. The Morgan fingerprint density at radius 1 is 1.21 bits per heavy atom. The highest BCUT2D eigenvalue weighted by molar-refractivity contribution is 6.06. The summed E-state index contributed by atoms with van der Waals surface area (Å²) in [6.45, 7) is -0.381. The van der Waals surface area contributed by atoms with Crippen LogP contribution in [0.15, 0.2) is 36.7 Å². The number of hydrogen-bond donors (Lipinski definition) is 2. The number of aromatic amines is 1. The molecule has 0 bridgehead atoms. The van der Waals surface area contributed by atoms with E-state index in [1.807, 2.05) is 0 Å². The van der Waals surface area contributed by atoms with Crippen molar-refractivity contribution >= 4 is 22.6 Å². The second kappa shape index (κ2) is 7.36. The summed E-state index contributed by atoms with van der Waals surface area (Å²) in [5.41, 5.74) is 7.20. The average molecular weight is 408 g/mol. The van der Waals surface area contributed by atoms with E-state index in [0.29, 0.717) is 16.7 Å². The standard InChI is InChI=1S/C19H16F4N4O2/c20-11-6-10(29-4-3-15(22)23)7-12(21)16(11)18-17(24)19(28)27(18)9-1-2-13-14(5-9)26-8-25-13/h1-2,5-8,15,17-18H,3-4,24H2,(H,25,26)/t17-,18+/m1/s1. The van der Waals surface area contributed by atoms with Crippen molar-refractivity contribution < 1.29 is 27.1 Å². The van der Waals surface area contributed by atoms with Crippen LogP contribution in [0.4, 0.5) is 23.2 Å². The summed E-state index contributed by atoms with van der Waals surface area (Å²) in [6.07, 6.45) is -1.65. The van der Waals surface area contributed by atoms with E-state index in [-0.39, 0.29) is 17.9 Å². The van der Waals surface area contributed by atoms with E-state index in [1.54, 1.807) is 18.2 Å². The van der Waals surface area contributed by atoms with E-state index < -0.39 is 42.5 Å². The predicted octanol–water partition coefficient (Wildman–Crippen LogP) is 3.29. The van der Waals surface area contributed by atoms with E-state index in [9.17, 15) is 22.4 Å². The first-order valence-corrected chi connectivity index (χ1v) is 8.78. The number of alkyl halides is 2. The number of H-pyrrole nitrogens is 1. The molecule has 0 spiro atoms. The van der Waals surface area contributed by atoms with Crippen LogP contribution in [0.3, 0.4) is 0 Å². The van der Waals surface area contributed by atoms with Crippen LogP contribution in [0.1, 0.15) is 18.0 Å². The lowest BCUT2D eigenvalue weighted by molar-refractivity contribution is -0.126. The number of halogens is 4. The van der Waals surface area contributed by atoms with Gasteiger partial charge in [0.1, 0.15) is 23.4 Å². The minimum absolute atomic E-state index is 0.214. The van der Waals surface area contributed by atoms with Gasteiger partial charge in [-0.3, -0.25) is 4.79 Å². The fourth-order valence-electron chi connectivity index (χ4n) is 3.37. The fourth-order valence-corrected chi connectivity index (χ4v) is 3.37. The maximum Gasteiger partial charge on any atom is 0.247 e. The zero-order valence-electron chi connectivity index (χ0n) is 14.9. The topological polar surface area (TPSA) is 84.2 Å². The lowest BCUT2D eigenvalue weighted by atomic mass is 9.87. The summed E-state index contributed by atoms with van der Waals surface area (Å²) in [4.78, 5) is 20.5. The number of carbonyl (C=O) groups is 1. The van der Waals surface area contributed by atoms with Gasteiger partial charge >= 0.3 is 0 Å². The first-order valence-electron chi connectivity index (χ1n) is 8.78. The Morgan fingerprint density at radius 3 is 2.62 bits per heavy atom. The van der Waals surface area contributed by atoms with Crippen molar-refractivity contribution in [1.82, 2.24) is 9.97 Å². The Morgan fingerprint density at radius 2 is 1.93 bits per heavy atom. The van der Waals surface area contributed by atoms with Gasteiger partial charge in [-0.05, 0) is 18.2 Å². The zero-order valence-corrected chi connectivity index (χ0v) is 14.9. The molecule has 0 unspecified atom stereocenters. The number of nitrogens with zero attached hydrogens (tertiary/aromatic N) is 2. The van der Waals surface area contributed by atoms with Crippen molar-refractivity contribution in [3.05, 3.63) is 53.9 Å². The predicted molar refractivity (Wildman–Crippen MR) is 96.8 cm³/mol. The zero-order chi connectivity index (χ0) is 20.7. The molecule has 2 aromatic carbocycles. The van der Waals surface area contributed by atoms with Crippen molar-refractivity contribution in [3.63, 3.8) is 0 Å². The van der Waals surface area contributed by atoms with Gasteiger partial charge in [-0.25, -0.2) is 22.5 Å². The number of amides is 1. The molecule has 2 atom stereocenters. The number of nitrogens with two attached hydrogens (primary N) is 1. The van der Waals surface area contributed by atoms with Gasteiger partial charge in [-0.15, -0.1) is 0 Å². The molecular weight excluding hydrogens is 392 g/mol. The maximum atomic E-state index is 14.7. The highest BCUT2D eigenvalue weighted by Crippen LogP contribution is 2.41. The Kier molecular flexibility index (Phi) is 4.87. The molecule has 0 radical (unpaired) electrons. The number of aromatic nitrogens is 2. The number of ether oxygens (including phenoxy) is 1. The summed E-state index contributed by atoms with van der Waals surface area (Å²) in [5.74, 6) is -2.64. The molecule has 2 heterocycles. The normalized spacial score (nSPS) is 19.1. The second-order valence-electron chi connectivity index (χ2n) is 6.61. The minimum Gasteiger partial charge on any atom is -0.493 e. The number of anilines is 1. The van der Waals surface area contributed by atoms with Crippen molar-refractivity contribution in [2.45, 2.75) is 24.9 Å². The molecule has 1 amide bonds. The summed E-state index contributed by atoms with van der Waals surface area (Å²) < 4.78 is 58.7. The molecular formula is C19H16F4N4O2. The molecule has 4 rings (SSSR count). The molecule has 6 nitrogen and oxygen atoms in total. The summed E-state index contributed by atoms with van der Waals surface area (Å²) in [5, 5.41) is 0. The van der Waals surface area contributed by atoms with Crippen molar-refractivity contribution in [3.8, 4) is 5.75 Å². The van der Waals surface area contributed by atoms with Crippen LogP contribution >= 0.6 is 0 Å². The van der Waals surface area contributed by atoms with Crippen LogP contribution < -0.4 is 15.4 Å². The van der Waals surface area contributed by atoms with Crippen LogP contribution in [0.2, 0.25) is 0 Å². The van der Waals surface area contributed by atoms with E-state index in [2.05, 4.69) is 9.97 Å². The van der Waals surface area contributed by atoms with Crippen LogP contribution in [0.5, 0.6) is 5.75 Å². The molecule has 1 aromatic heterocycles. The van der Waals surface area contributed by atoms with Crippen LogP contribution in [0.25, 0.3) is 11.0 Å². The van der Waals surface area contributed by atoms with Crippen molar-refractivity contribution in [2.75, 3.05) is 11.5 Å². The Balaban J connectivity index is 1.64. The van der Waals surface area contributed by atoms with Crippen molar-refractivity contribution in [1.29, 1.82) is 0 Å². The van der Waals surface area contributed by atoms with E-state index >= 15 is 0 Å². The third-order valence-electron chi connectivity index (χ3n) is 4.78. The highest BCUT2D eigenvalue weighted by Gasteiger charge is 2.49. The lowest BCUT2D eigenvalue weighted by Gasteiger charge is -2.45. The number of hydrogen-bond acceptors (Lipinski definition) is 4. The molecule has 0 saturated carbocycles. The average Bonchev–Trinajstić information content (AvgIpc) is 3.14. The number of rotatable bonds is 6.